The van der Waals surface area contributed by atoms with Crippen LogP contribution in [0.5, 0.6) is 5.75 Å². The van der Waals surface area contributed by atoms with E-state index in [1.54, 1.807) is 18.2 Å². The fraction of sp³-hybridized carbons (Fsp3) is 0.0909. The van der Waals surface area contributed by atoms with Crippen molar-refractivity contribution in [2.45, 2.75) is 11.8 Å². The van der Waals surface area contributed by atoms with Crippen LogP contribution >= 0.6 is 11.6 Å². The number of hydrogen-bond acceptors (Lipinski definition) is 5. The number of aryl methyl sites for hydroxylation is 1. The van der Waals surface area contributed by atoms with Crippen molar-refractivity contribution in [3.8, 4) is 5.75 Å². The van der Waals surface area contributed by atoms with Crippen molar-refractivity contribution in [1.29, 1.82) is 0 Å². The van der Waals surface area contributed by atoms with Crippen LogP contribution in [0.1, 0.15) is 15.9 Å². The van der Waals surface area contributed by atoms with Gasteiger partial charge in [0.1, 0.15) is 16.5 Å². The van der Waals surface area contributed by atoms with Gasteiger partial charge in [-0.2, -0.15) is 0 Å². The molecule has 0 aliphatic heterocycles. The lowest BCUT2D eigenvalue weighted by molar-refractivity contribution is -0.123. The van der Waals surface area contributed by atoms with E-state index in [4.69, 9.17) is 16.3 Å². The van der Waals surface area contributed by atoms with Gasteiger partial charge in [0.25, 0.3) is 21.8 Å². The second kappa shape index (κ2) is 10.3. The summed E-state index contributed by atoms with van der Waals surface area (Å²) in [5, 5.41) is -0.128. The summed E-state index contributed by atoms with van der Waals surface area (Å²) in [5.74, 6) is -1.42. The minimum Gasteiger partial charge on any atom is -0.484 e. The summed E-state index contributed by atoms with van der Waals surface area (Å²) in [6.45, 7) is 1.54. The highest BCUT2D eigenvalue weighted by Crippen LogP contribution is 2.25. The average Bonchev–Trinajstić information content (AvgIpc) is 2.77. The largest absolute Gasteiger partial charge is 0.484 e. The van der Waals surface area contributed by atoms with E-state index >= 15 is 0 Å². The number of hydrogen-bond donors (Lipinski definition) is 3. The van der Waals surface area contributed by atoms with E-state index in [1.165, 1.54) is 24.3 Å². The van der Waals surface area contributed by atoms with E-state index in [0.29, 0.717) is 5.75 Å². The number of benzene rings is 3. The molecule has 0 atom stereocenters. The van der Waals surface area contributed by atoms with E-state index in [9.17, 15) is 22.4 Å². The summed E-state index contributed by atoms with van der Waals surface area (Å²) < 4.78 is 46.0. The number of nitrogens with one attached hydrogen (secondary N) is 3. The Morgan fingerprint density at radius 2 is 1.73 bits per heavy atom. The van der Waals surface area contributed by atoms with Gasteiger partial charge in [-0.3, -0.25) is 25.2 Å². The maximum Gasteiger partial charge on any atom is 0.276 e. The van der Waals surface area contributed by atoms with E-state index in [-0.39, 0.29) is 27.8 Å². The summed E-state index contributed by atoms with van der Waals surface area (Å²) in [4.78, 5) is 24.0. The van der Waals surface area contributed by atoms with Gasteiger partial charge in [0.2, 0.25) is 0 Å². The Morgan fingerprint density at radius 3 is 2.42 bits per heavy atom. The smallest absolute Gasteiger partial charge is 0.276 e. The first-order valence-corrected chi connectivity index (χ1v) is 11.4. The second-order valence-electron chi connectivity index (χ2n) is 6.87. The number of rotatable bonds is 7. The number of carbonyl (C=O) groups is 2. The number of anilines is 1. The molecule has 0 bridgehead atoms. The first-order chi connectivity index (χ1) is 15.6. The Morgan fingerprint density at radius 1 is 1.00 bits per heavy atom. The fourth-order valence-electron chi connectivity index (χ4n) is 2.67. The van der Waals surface area contributed by atoms with E-state index in [0.717, 1.165) is 23.8 Å². The highest BCUT2D eigenvalue weighted by molar-refractivity contribution is 7.92. The first kappa shape index (κ1) is 24.0. The lowest BCUT2D eigenvalue weighted by atomic mass is 10.2. The highest BCUT2D eigenvalue weighted by Gasteiger charge is 2.21. The van der Waals surface area contributed by atoms with Crippen LogP contribution in [-0.4, -0.2) is 26.8 Å². The predicted octanol–water partition coefficient (Wildman–Crippen LogP) is 3.43. The van der Waals surface area contributed by atoms with Crippen LogP contribution in [0.4, 0.5) is 10.1 Å². The fourth-order valence-corrected chi connectivity index (χ4v) is 4.25. The Labute approximate surface area is 194 Å². The molecule has 3 rings (SSSR count). The molecule has 3 N–H and O–H groups in total. The molecule has 2 amide bonds. The molecule has 0 heterocycles. The maximum atomic E-state index is 13.0. The molecule has 3 aromatic carbocycles. The quantitative estimate of drug-likeness (QED) is 0.438. The van der Waals surface area contributed by atoms with Crippen LogP contribution in [0.15, 0.2) is 71.6 Å². The Hall–Kier alpha value is -3.63. The van der Waals surface area contributed by atoms with Gasteiger partial charge in [0.15, 0.2) is 6.61 Å². The number of halogens is 2. The molecule has 0 fully saturated rings. The summed E-state index contributed by atoms with van der Waals surface area (Å²) in [5.41, 5.74) is 5.37. The molecule has 0 aliphatic carbocycles. The number of hydrazine groups is 1. The lowest BCUT2D eigenvalue weighted by Crippen LogP contribution is -2.43. The molecule has 0 saturated heterocycles. The number of amides is 2. The molecule has 33 heavy (non-hydrogen) atoms. The van der Waals surface area contributed by atoms with Crippen LogP contribution in [0, 0.1) is 12.7 Å². The summed E-state index contributed by atoms with van der Waals surface area (Å²) in [6.07, 6.45) is 0. The second-order valence-corrected chi connectivity index (χ2v) is 8.92. The highest BCUT2D eigenvalue weighted by atomic mass is 35.5. The molecular formula is C22H19ClFN3O5S. The molecule has 0 aromatic heterocycles. The van der Waals surface area contributed by atoms with Crippen LogP contribution < -0.4 is 20.3 Å². The minimum absolute atomic E-state index is 0.0706. The van der Waals surface area contributed by atoms with Crippen LogP contribution in [-0.2, 0) is 14.8 Å². The number of carbonyl (C=O) groups excluding carboxylic acids is 2. The first-order valence-electron chi connectivity index (χ1n) is 9.50. The molecule has 0 aliphatic rings. The molecule has 0 unspecified atom stereocenters. The molecule has 8 nitrogen and oxygen atoms in total. The third-order valence-electron chi connectivity index (χ3n) is 4.25. The van der Waals surface area contributed by atoms with Crippen molar-refractivity contribution in [3.63, 3.8) is 0 Å². The predicted molar refractivity (Wildman–Crippen MR) is 121 cm³/mol. The summed E-state index contributed by atoms with van der Waals surface area (Å²) in [7, 11) is -4.18. The van der Waals surface area contributed by atoms with Gasteiger partial charge in [0, 0.05) is 11.3 Å². The zero-order valence-corrected chi connectivity index (χ0v) is 18.8. The van der Waals surface area contributed by atoms with Gasteiger partial charge in [0.05, 0.1) is 5.02 Å². The lowest BCUT2D eigenvalue weighted by Gasteiger charge is -2.12. The Bertz CT molecular complexity index is 1280. The van der Waals surface area contributed by atoms with Crippen molar-refractivity contribution in [3.05, 3.63) is 88.7 Å². The SMILES string of the molecule is Cc1cccc(OCC(=O)NNC(=O)c2ccc(Cl)c(S(=O)(=O)Nc3ccc(F)cc3)c2)c1. The minimum atomic E-state index is -4.18. The average molecular weight is 492 g/mol. The van der Waals surface area contributed by atoms with Gasteiger partial charge < -0.3 is 4.74 Å². The topological polar surface area (TPSA) is 114 Å². The van der Waals surface area contributed by atoms with Gasteiger partial charge in [-0.05, 0) is 67.1 Å². The van der Waals surface area contributed by atoms with Crippen molar-refractivity contribution in [2.24, 2.45) is 0 Å². The van der Waals surface area contributed by atoms with Crippen LogP contribution in [0.25, 0.3) is 0 Å². The van der Waals surface area contributed by atoms with Crippen molar-refractivity contribution in [1.82, 2.24) is 10.9 Å². The Kier molecular flexibility index (Phi) is 7.52. The van der Waals surface area contributed by atoms with E-state index in [1.807, 2.05) is 13.0 Å². The van der Waals surface area contributed by atoms with Crippen molar-refractivity contribution < 1.29 is 27.1 Å². The standard InChI is InChI=1S/C22H19ClFN3O5S/c1-14-3-2-4-18(11-14)32-13-21(28)25-26-22(29)15-5-10-19(23)20(12-15)33(30,31)27-17-8-6-16(24)7-9-17/h2-12,27H,13H2,1H3,(H,25,28)(H,26,29). The third-order valence-corrected chi connectivity index (χ3v) is 6.12. The number of ether oxygens (including phenoxy) is 1. The van der Waals surface area contributed by atoms with Gasteiger partial charge in [-0.25, -0.2) is 12.8 Å². The van der Waals surface area contributed by atoms with Gasteiger partial charge in [-0.1, -0.05) is 23.7 Å². The van der Waals surface area contributed by atoms with E-state index < -0.39 is 27.7 Å². The summed E-state index contributed by atoms with van der Waals surface area (Å²) in [6, 6.07) is 15.3. The third kappa shape index (κ3) is 6.67. The van der Waals surface area contributed by atoms with Crippen LogP contribution in [0.3, 0.4) is 0 Å². The monoisotopic (exact) mass is 491 g/mol. The zero-order valence-electron chi connectivity index (χ0n) is 17.3. The van der Waals surface area contributed by atoms with Gasteiger partial charge in [-0.15, -0.1) is 0 Å². The van der Waals surface area contributed by atoms with Crippen molar-refractivity contribution >= 4 is 39.1 Å². The molecule has 0 spiro atoms. The summed E-state index contributed by atoms with van der Waals surface area (Å²) >= 11 is 6.02. The van der Waals surface area contributed by atoms with Crippen LogP contribution in [0.2, 0.25) is 5.02 Å². The molecule has 11 heteroatoms. The number of sulfonamides is 1. The van der Waals surface area contributed by atoms with Crippen molar-refractivity contribution in [2.75, 3.05) is 11.3 Å². The van der Waals surface area contributed by atoms with E-state index in [2.05, 4.69) is 15.6 Å². The normalized spacial score (nSPS) is 10.9. The molecular weight excluding hydrogens is 473 g/mol. The molecule has 0 saturated carbocycles. The maximum absolute atomic E-state index is 13.0. The molecule has 172 valence electrons. The zero-order chi connectivity index (χ0) is 24.0. The molecule has 0 radical (unpaired) electrons. The Balaban J connectivity index is 1.63. The van der Waals surface area contributed by atoms with Gasteiger partial charge >= 0.3 is 0 Å². The molecule has 3 aromatic rings.